The van der Waals surface area contributed by atoms with Gasteiger partial charge in [-0.05, 0) is 35.0 Å². The lowest BCUT2D eigenvalue weighted by atomic mass is 10.1. The minimum Gasteiger partial charge on any atom is -0.399 e. The molecule has 0 aliphatic heterocycles. The number of fused-ring (bicyclic) bond motifs is 1. The van der Waals surface area contributed by atoms with Gasteiger partial charge in [-0.15, -0.1) is 0 Å². The molecule has 0 unspecified atom stereocenters. The van der Waals surface area contributed by atoms with E-state index >= 15 is 0 Å². The highest BCUT2D eigenvalue weighted by atomic mass is 16.1. The van der Waals surface area contributed by atoms with Crippen molar-refractivity contribution in [2.24, 2.45) is 4.99 Å². The zero-order valence-corrected chi connectivity index (χ0v) is 7.40. The van der Waals surface area contributed by atoms with Crippen LogP contribution in [0.25, 0.3) is 10.8 Å². The SMILES string of the molecule is Nc1ccc2cc(N=C=O)ccc2c1. The molecule has 14 heavy (non-hydrogen) atoms. The maximum absolute atomic E-state index is 10.1. The second-order valence-electron chi connectivity index (χ2n) is 2.99. The molecule has 2 N–H and O–H groups in total. The van der Waals surface area contributed by atoms with Crippen LogP contribution in [0.1, 0.15) is 0 Å². The average Bonchev–Trinajstić information content (AvgIpc) is 2.19. The summed E-state index contributed by atoms with van der Waals surface area (Å²) in [7, 11) is 0. The number of hydrogen-bond acceptors (Lipinski definition) is 3. The maximum Gasteiger partial charge on any atom is 0.240 e. The van der Waals surface area contributed by atoms with Crippen molar-refractivity contribution < 1.29 is 4.79 Å². The standard InChI is InChI=1S/C11H8N2O/c12-10-3-1-9-6-11(13-7-14)4-2-8(9)5-10/h1-6H,12H2. The molecule has 0 amide bonds. The van der Waals surface area contributed by atoms with E-state index in [2.05, 4.69) is 4.99 Å². The first-order valence-corrected chi connectivity index (χ1v) is 4.17. The molecule has 68 valence electrons. The van der Waals surface area contributed by atoms with Gasteiger partial charge in [-0.3, -0.25) is 0 Å². The Labute approximate surface area is 80.9 Å². The number of nitrogen functional groups attached to an aromatic ring is 1. The van der Waals surface area contributed by atoms with Gasteiger partial charge in [-0.25, -0.2) is 4.79 Å². The van der Waals surface area contributed by atoms with E-state index in [-0.39, 0.29) is 0 Å². The highest BCUT2D eigenvalue weighted by Gasteiger charge is 1.95. The van der Waals surface area contributed by atoms with Crippen molar-refractivity contribution >= 4 is 28.2 Å². The van der Waals surface area contributed by atoms with Crippen LogP contribution in [0.2, 0.25) is 0 Å². The number of hydrogen-bond donors (Lipinski definition) is 1. The van der Waals surface area contributed by atoms with Gasteiger partial charge in [0.1, 0.15) is 0 Å². The van der Waals surface area contributed by atoms with E-state index < -0.39 is 0 Å². The Morgan fingerprint density at radius 1 is 1.07 bits per heavy atom. The number of carbonyl (C=O) groups excluding carboxylic acids is 1. The smallest absolute Gasteiger partial charge is 0.240 e. The Balaban J connectivity index is 2.67. The van der Waals surface area contributed by atoms with Crippen LogP contribution in [-0.4, -0.2) is 6.08 Å². The normalized spacial score (nSPS) is 9.71. The van der Waals surface area contributed by atoms with Crippen LogP contribution < -0.4 is 5.73 Å². The summed E-state index contributed by atoms with van der Waals surface area (Å²) >= 11 is 0. The van der Waals surface area contributed by atoms with E-state index in [0.29, 0.717) is 5.69 Å². The lowest BCUT2D eigenvalue weighted by Crippen LogP contribution is -1.83. The summed E-state index contributed by atoms with van der Waals surface area (Å²) in [5.74, 6) is 0. The first-order valence-electron chi connectivity index (χ1n) is 4.17. The van der Waals surface area contributed by atoms with Gasteiger partial charge in [0.2, 0.25) is 6.08 Å². The van der Waals surface area contributed by atoms with E-state index in [9.17, 15) is 4.79 Å². The molecule has 0 radical (unpaired) electrons. The van der Waals surface area contributed by atoms with Crippen molar-refractivity contribution in [1.82, 2.24) is 0 Å². The van der Waals surface area contributed by atoms with Gasteiger partial charge in [0.15, 0.2) is 0 Å². The second kappa shape index (κ2) is 3.32. The lowest BCUT2D eigenvalue weighted by molar-refractivity contribution is 0.565. The predicted octanol–water partition coefficient (Wildman–Crippen LogP) is 2.39. The third-order valence-corrected chi connectivity index (χ3v) is 2.02. The molecular formula is C11H8N2O. The monoisotopic (exact) mass is 184 g/mol. The summed E-state index contributed by atoms with van der Waals surface area (Å²) in [4.78, 5) is 13.6. The van der Waals surface area contributed by atoms with Crippen molar-refractivity contribution in [3.8, 4) is 0 Å². The molecule has 0 fully saturated rings. The van der Waals surface area contributed by atoms with Crippen LogP contribution in [0.15, 0.2) is 41.4 Å². The fourth-order valence-electron chi connectivity index (χ4n) is 1.37. The molecule has 0 bridgehead atoms. The average molecular weight is 184 g/mol. The molecule has 3 nitrogen and oxygen atoms in total. The van der Waals surface area contributed by atoms with Crippen LogP contribution in [0.3, 0.4) is 0 Å². The quantitative estimate of drug-likeness (QED) is 0.420. The van der Waals surface area contributed by atoms with Crippen molar-refractivity contribution in [3.05, 3.63) is 36.4 Å². The van der Waals surface area contributed by atoms with Gasteiger partial charge < -0.3 is 5.73 Å². The molecule has 2 rings (SSSR count). The Bertz CT molecular complexity index is 528. The molecule has 0 spiro atoms. The van der Waals surface area contributed by atoms with Gasteiger partial charge >= 0.3 is 0 Å². The molecule has 0 saturated heterocycles. The second-order valence-corrected chi connectivity index (χ2v) is 2.99. The summed E-state index contributed by atoms with van der Waals surface area (Å²) in [6.45, 7) is 0. The first kappa shape index (κ1) is 8.48. The third kappa shape index (κ3) is 1.49. The Morgan fingerprint density at radius 2 is 1.79 bits per heavy atom. The van der Waals surface area contributed by atoms with E-state index in [4.69, 9.17) is 5.73 Å². The maximum atomic E-state index is 10.1. The molecule has 0 aliphatic carbocycles. The van der Waals surface area contributed by atoms with Crippen LogP contribution in [0.4, 0.5) is 11.4 Å². The molecule has 3 heteroatoms. The molecule has 2 aromatic carbocycles. The lowest BCUT2D eigenvalue weighted by Gasteiger charge is -1.99. The molecule has 0 aliphatic rings. The minimum atomic E-state index is 0.609. The van der Waals surface area contributed by atoms with E-state index in [1.807, 2.05) is 30.3 Å². The van der Waals surface area contributed by atoms with Crippen molar-refractivity contribution in [2.45, 2.75) is 0 Å². The van der Waals surface area contributed by atoms with E-state index in [1.54, 1.807) is 6.07 Å². The molecule has 2 aromatic rings. The Hall–Kier alpha value is -2.12. The summed E-state index contributed by atoms with van der Waals surface area (Å²) < 4.78 is 0. The summed E-state index contributed by atoms with van der Waals surface area (Å²) in [6.07, 6.45) is 1.51. The predicted molar refractivity (Wildman–Crippen MR) is 56.1 cm³/mol. The van der Waals surface area contributed by atoms with Crippen LogP contribution >= 0.6 is 0 Å². The third-order valence-electron chi connectivity index (χ3n) is 2.02. The summed E-state index contributed by atoms with van der Waals surface area (Å²) in [5, 5.41) is 2.05. The van der Waals surface area contributed by atoms with Crippen molar-refractivity contribution in [3.63, 3.8) is 0 Å². The summed E-state index contributed by atoms with van der Waals surface area (Å²) in [6, 6.07) is 11.0. The number of isocyanates is 1. The zero-order valence-electron chi connectivity index (χ0n) is 7.40. The van der Waals surface area contributed by atoms with Crippen molar-refractivity contribution in [2.75, 3.05) is 5.73 Å². The highest BCUT2D eigenvalue weighted by molar-refractivity contribution is 5.87. The fraction of sp³-hybridized carbons (Fsp3) is 0. The van der Waals surface area contributed by atoms with Crippen LogP contribution in [0.5, 0.6) is 0 Å². The Morgan fingerprint density at radius 3 is 2.57 bits per heavy atom. The number of nitrogens with zero attached hydrogens (tertiary/aromatic N) is 1. The van der Waals surface area contributed by atoms with Gasteiger partial charge in [-0.2, -0.15) is 4.99 Å². The highest BCUT2D eigenvalue weighted by Crippen LogP contribution is 2.22. The molecular weight excluding hydrogens is 176 g/mol. The molecule has 0 heterocycles. The summed E-state index contributed by atoms with van der Waals surface area (Å²) in [5.41, 5.74) is 6.97. The largest absolute Gasteiger partial charge is 0.399 e. The minimum absolute atomic E-state index is 0.609. The van der Waals surface area contributed by atoms with Gasteiger partial charge in [0, 0.05) is 5.69 Å². The molecule has 0 atom stereocenters. The number of aliphatic imine (C=N–C) groups is 1. The van der Waals surface area contributed by atoms with Gasteiger partial charge in [-0.1, -0.05) is 12.1 Å². The zero-order chi connectivity index (χ0) is 9.97. The topological polar surface area (TPSA) is 55.4 Å². The van der Waals surface area contributed by atoms with Crippen LogP contribution in [0, 0.1) is 0 Å². The number of anilines is 1. The fourth-order valence-corrected chi connectivity index (χ4v) is 1.37. The number of nitrogens with two attached hydrogens (primary N) is 1. The van der Waals surface area contributed by atoms with Crippen LogP contribution in [-0.2, 0) is 4.79 Å². The van der Waals surface area contributed by atoms with Gasteiger partial charge in [0.25, 0.3) is 0 Å². The molecule has 0 aromatic heterocycles. The van der Waals surface area contributed by atoms with E-state index in [0.717, 1.165) is 16.5 Å². The number of benzene rings is 2. The number of rotatable bonds is 1. The Kier molecular flexibility index (Phi) is 2.01. The van der Waals surface area contributed by atoms with Gasteiger partial charge in [0.05, 0.1) is 5.69 Å². The van der Waals surface area contributed by atoms with E-state index in [1.165, 1.54) is 6.08 Å². The first-order chi connectivity index (χ1) is 6.79. The van der Waals surface area contributed by atoms with Crippen molar-refractivity contribution in [1.29, 1.82) is 0 Å². The molecule has 0 saturated carbocycles.